The van der Waals surface area contributed by atoms with Crippen LogP contribution in [0.5, 0.6) is 0 Å². The number of carbonyl (C=O) groups excluding carboxylic acids is 1. The Morgan fingerprint density at radius 1 is 1.35 bits per heavy atom. The predicted molar refractivity (Wildman–Crippen MR) is 66.7 cm³/mol. The lowest BCUT2D eigenvalue weighted by Gasteiger charge is -2.37. The van der Waals surface area contributed by atoms with Crippen LogP contribution in [0.2, 0.25) is 0 Å². The second-order valence-electron chi connectivity index (χ2n) is 6.46. The summed E-state index contributed by atoms with van der Waals surface area (Å²) in [6.07, 6.45) is 8.10. The van der Waals surface area contributed by atoms with Gasteiger partial charge in [-0.3, -0.25) is 4.79 Å². The third kappa shape index (κ3) is 1.33. The van der Waals surface area contributed by atoms with E-state index in [1.54, 1.807) is 0 Å². The van der Waals surface area contributed by atoms with Gasteiger partial charge in [-0.25, -0.2) is 0 Å². The van der Waals surface area contributed by atoms with E-state index in [-0.39, 0.29) is 11.2 Å². The number of epoxide rings is 1. The molecular formula is C15H22O2. The van der Waals surface area contributed by atoms with Gasteiger partial charge in [-0.1, -0.05) is 13.0 Å². The van der Waals surface area contributed by atoms with Crippen LogP contribution in [0.4, 0.5) is 0 Å². The summed E-state index contributed by atoms with van der Waals surface area (Å²) in [5.74, 6) is 1.95. The van der Waals surface area contributed by atoms with Crippen molar-refractivity contribution in [1.82, 2.24) is 0 Å². The molecule has 1 aliphatic heterocycles. The van der Waals surface area contributed by atoms with Crippen molar-refractivity contribution >= 4 is 6.29 Å². The van der Waals surface area contributed by atoms with Gasteiger partial charge in [-0.15, -0.1) is 0 Å². The number of hydrogen-bond donors (Lipinski definition) is 0. The summed E-state index contributed by atoms with van der Waals surface area (Å²) in [4.78, 5) is 10.8. The van der Waals surface area contributed by atoms with Gasteiger partial charge in [0.15, 0.2) is 0 Å². The molecule has 0 unspecified atom stereocenters. The van der Waals surface area contributed by atoms with Crippen molar-refractivity contribution in [3.8, 4) is 0 Å². The van der Waals surface area contributed by atoms with Gasteiger partial charge in [0.1, 0.15) is 11.9 Å². The monoisotopic (exact) mass is 234 g/mol. The maximum atomic E-state index is 10.8. The van der Waals surface area contributed by atoms with E-state index in [1.165, 1.54) is 25.7 Å². The lowest BCUT2D eigenvalue weighted by molar-refractivity contribution is -0.104. The van der Waals surface area contributed by atoms with Crippen LogP contribution < -0.4 is 0 Å². The Morgan fingerprint density at radius 3 is 2.76 bits per heavy atom. The van der Waals surface area contributed by atoms with Crippen LogP contribution in [-0.4, -0.2) is 17.5 Å². The second-order valence-corrected chi connectivity index (χ2v) is 6.46. The van der Waals surface area contributed by atoms with Crippen molar-refractivity contribution in [2.75, 3.05) is 0 Å². The van der Waals surface area contributed by atoms with Crippen molar-refractivity contribution in [2.45, 2.75) is 57.7 Å². The summed E-state index contributed by atoms with van der Waals surface area (Å²) in [7, 11) is 0. The molecule has 0 N–H and O–H groups in total. The van der Waals surface area contributed by atoms with E-state index in [2.05, 4.69) is 19.9 Å². The quantitative estimate of drug-likeness (QED) is 0.417. The van der Waals surface area contributed by atoms with Crippen molar-refractivity contribution in [2.24, 2.45) is 17.8 Å². The average Bonchev–Trinajstić information content (AvgIpc) is 2.79. The van der Waals surface area contributed by atoms with Gasteiger partial charge in [-0.05, 0) is 56.9 Å². The molecule has 3 fully saturated rings. The van der Waals surface area contributed by atoms with Crippen LogP contribution >= 0.6 is 0 Å². The molecule has 0 bridgehead atoms. The zero-order valence-corrected chi connectivity index (χ0v) is 11.0. The van der Waals surface area contributed by atoms with E-state index < -0.39 is 0 Å². The molecule has 5 atom stereocenters. The van der Waals surface area contributed by atoms with Gasteiger partial charge in [0.2, 0.25) is 0 Å². The lowest BCUT2D eigenvalue weighted by atomic mass is 9.65. The molecule has 1 saturated heterocycles. The molecular weight excluding hydrogens is 212 g/mol. The largest absolute Gasteiger partial charge is 0.362 e. The highest BCUT2D eigenvalue weighted by molar-refractivity contribution is 5.72. The summed E-state index contributed by atoms with van der Waals surface area (Å²) < 4.78 is 6.20. The number of hydrogen-bond acceptors (Lipinski definition) is 2. The minimum Gasteiger partial charge on any atom is -0.362 e. The summed E-state index contributed by atoms with van der Waals surface area (Å²) in [5.41, 5.74) is 1.05. The number of carbonyl (C=O) groups is 1. The molecule has 3 rings (SSSR count). The van der Waals surface area contributed by atoms with E-state index in [0.29, 0.717) is 11.8 Å². The van der Waals surface area contributed by atoms with Crippen LogP contribution in [0, 0.1) is 17.8 Å². The van der Waals surface area contributed by atoms with Gasteiger partial charge in [-0.2, -0.15) is 0 Å². The highest BCUT2D eigenvalue weighted by atomic mass is 16.6. The number of rotatable bonds is 2. The Bertz CT molecular complexity index is 386. The first-order chi connectivity index (χ1) is 8.03. The molecule has 0 amide bonds. The average molecular weight is 234 g/mol. The predicted octanol–water partition coefficient (Wildman–Crippen LogP) is 3.12. The maximum absolute atomic E-state index is 10.8. The first-order valence-corrected chi connectivity index (χ1v) is 6.87. The summed E-state index contributed by atoms with van der Waals surface area (Å²) >= 11 is 0. The Hall–Kier alpha value is -0.630. The van der Waals surface area contributed by atoms with Crippen LogP contribution in [-0.2, 0) is 9.53 Å². The molecule has 1 heterocycles. The smallest absolute Gasteiger partial charge is 0.145 e. The molecule has 0 aromatic carbocycles. The molecule has 94 valence electrons. The summed E-state index contributed by atoms with van der Waals surface area (Å²) in [5, 5.41) is 0. The summed E-state index contributed by atoms with van der Waals surface area (Å²) in [6, 6.07) is 0. The van der Waals surface area contributed by atoms with Crippen LogP contribution in [0.1, 0.15) is 46.5 Å². The summed E-state index contributed by atoms with van der Waals surface area (Å²) in [6.45, 7) is 6.54. The van der Waals surface area contributed by atoms with E-state index in [0.717, 1.165) is 17.8 Å². The highest BCUT2D eigenvalue weighted by Gasteiger charge is 2.77. The zero-order chi connectivity index (χ0) is 12.3. The standard InChI is InChI=1S/C15H22O2/c1-10(9-16)8-12-5-4-11(2)13-6-7-14(3)15(12,13)17-14/h8-9,11-13H,4-7H2,1-3H3/b10-8+/t11-,12+,13-,14+,15-/m1/s1. The molecule has 0 radical (unpaired) electrons. The van der Waals surface area contributed by atoms with E-state index in [1.807, 2.05) is 6.92 Å². The van der Waals surface area contributed by atoms with Crippen LogP contribution in [0.25, 0.3) is 0 Å². The van der Waals surface area contributed by atoms with Crippen LogP contribution in [0.15, 0.2) is 11.6 Å². The van der Waals surface area contributed by atoms with Crippen molar-refractivity contribution in [3.63, 3.8) is 0 Å². The van der Waals surface area contributed by atoms with Crippen molar-refractivity contribution in [3.05, 3.63) is 11.6 Å². The maximum Gasteiger partial charge on any atom is 0.145 e. The van der Waals surface area contributed by atoms with Gasteiger partial charge in [0, 0.05) is 5.92 Å². The van der Waals surface area contributed by atoms with Gasteiger partial charge in [0.25, 0.3) is 0 Å². The minimum absolute atomic E-state index is 0.0783. The molecule has 17 heavy (non-hydrogen) atoms. The lowest BCUT2D eigenvalue weighted by Crippen LogP contribution is -2.41. The Morgan fingerprint density at radius 2 is 2.12 bits per heavy atom. The molecule has 2 nitrogen and oxygen atoms in total. The van der Waals surface area contributed by atoms with E-state index in [4.69, 9.17) is 4.74 Å². The van der Waals surface area contributed by atoms with Gasteiger partial charge >= 0.3 is 0 Å². The van der Waals surface area contributed by atoms with Crippen molar-refractivity contribution in [1.29, 1.82) is 0 Å². The fraction of sp³-hybridized carbons (Fsp3) is 0.800. The zero-order valence-electron chi connectivity index (χ0n) is 11.0. The first-order valence-electron chi connectivity index (χ1n) is 6.87. The normalized spacial score (nSPS) is 52.9. The number of ether oxygens (including phenoxy) is 1. The minimum atomic E-state index is 0.0783. The Labute approximate surface area is 103 Å². The molecule has 0 aromatic rings. The first kappa shape index (κ1) is 11.5. The van der Waals surface area contributed by atoms with Gasteiger partial charge < -0.3 is 4.74 Å². The van der Waals surface area contributed by atoms with Crippen LogP contribution in [0.3, 0.4) is 0 Å². The number of aldehydes is 1. The molecule has 3 aliphatic rings. The number of allylic oxidation sites excluding steroid dienone is 1. The second kappa shape index (κ2) is 3.44. The molecule has 0 aromatic heterocycles. The molecule has 2 saturated carbocycles. The molecule has 1 spiro atoms. The van der Waals surface area contributed by atoms with E-state index >= 15 is 0 Å². The highest BCUT2D eigenvalue weighted by Crippen LogP contribution is 2.70. The Balaban J connectivity index is 1.94. The Kier molecular flexibility index (Phi) is 2.32. The molecule has 2 aliphatic carbocycles. The SMILES string of the molecule is C/C(C=O)=C\[C@@H]1CC[C@@H](C)[C@H]2CC[C@]3(C)O[C@]123. The third-order valence-electron chi connectivity index (χ3n) is 5.48. The fourth-order valence-electron chi connectivity index (χ4n) is 4.58. The van der Waals surface area contributed by atoms with Crippen molar-refractivity contribution < 1.29 is 9.53 Å². The van der Waals surface area contributed by atoms with E-state index in [9.17, 15) is 4.79 Å². The molecule has 2 heteroatoms. The topological polar surface area (TPSA) is 29.6 Å². The van der Waals surface area contributed by atoms with Gasteiger partial charge in [0.05, 0.1) is 5.60 Å². The fourth-order valence-corrected chi connectivity index (χ4v) is 4.58. The third-order valence-corrected chi connectivity index (χ3v) is 5.48.